The van der Waals surface area contributed by atoms with Gasteiger partial charge < -0.3 is 0 Å². The Hall–Kier alpha value is -1.11. The molecule has 0 atom stereocenters. The first-order valence-electron chi connectivity index (χ1n) is 11.2. The van der Waals surface area contributed by atoms with Crippen LogP contribution >= 0.6 is 0 Å². The van der Waals surface area contributed by atoms with Gasteiger partial charge in [-0.3, -0.25) is 0 Å². The van der Waals surface area contributed by atoms with Crippen molar-refractivity contribution in [2.45, 2.75) is 89.9 Å². The zero-order chi connectivity index (χ0) is 18.2. The van der Waals surface area contributed by atoms with Gasteiger partial charge in [-0.2, -0.15) is 0 Å². The predicted octanol–water partition coefficient (Wildman–Crippen LogP) is 7.98. The third-order valence-electron chi connectivity index (χ3n) is 7.12. The Morgan fingerprint density at radius 3 is 2.04 bits per heavy atom. The maximum absolute atomic E-state index is 12.4. The zero-order valence-corrected chi connectivity index (χ0v) is 16.6. The summed E-state index contributed by atoms with van der Waals surface area (Å²) >= 11 is 0. The molecule has 0 amide bonds. The van der Waals surface area contributed by atoms with Crippen LogP contribution in [0, 0.1) is 17.8 Å². The lowest BCUT2D eigenvalue weighted by Gasteiger charge is -2.37. The molecule has 1 aromatic rings. The van der Waals surface area contributed by atoms with Crippen LogP contribution in [0.5, 0.6) is 0 Å². The average Bonchev–Trinajstić information content (AvgIpc) is 2.70. The Labute approximate surface area is 160 Å². The van der Waals surface area contributed by atoms with Crippen molar-refractivity contribution in [3.63, 3.8) is 0 Å². The fraction of sp³-hybridized carbons (Fsp3) is 0.680. The Bertz CT molecular complexity index is 528. The molecule has 0 saturated heterocycles. The van der Waals surface area contributed by atoms with Crippen LogP contribution in [0.2, 0.25) is 0 Å². The van der Waals surface area contributed by atoms with Crippen molar-refractivity contribution in [2.24, 2.45) is 17.8 Å². The van der Waals surface area contributed by atoms with E-state index in [2.05, 4.69) is 31.2 Å². The second-order valence-electron chi connectivity index (χ2n) is 8.80. The van der Waals surface area contributed by atoms with E-state index in [-0.39, 0.29) is 0 Å². The normalized spacial score (nSPS) is 29.9. The molecular weight excluding hydrogens is 319 g/mol. The third kappa shape index (κ3) is 5.44. The van der Waals surface area contributed by atoms with Gasteiger partial charge in [-0.1, -0.05) is 50.1 Å². The second kappa shape index (κ2) is 10.3. The summed E-state index contributed by atoms with van der Waals surface area (Å²) in [5, 5.41) is 0. The molecule has 2 aliphatic rings. The van der Waals surface area contributed by atoms with Crippen molar-refractivity contribution in [2.75, 3.05) is 0 Å². The SMILES string of the molecule is CCCCCc1ccc(C2CCC(C3CCC(/C=C/F)CC3)CC2)cc1. The van der Waals surface area contributed by atoms with Crippen LogP contribution in [0.1, 0.15) is 94.6 Å². The van der Waals surface area contributed by atoms with Crippen molar-refractivity contribution in [3.05, 3.63) is 47.8 Å². The molecule has 0 unspecified atom stereocenters. The minimum absolute atomic E-state index is 0.503. The smallest absolute Gasteiger partial charge is 0.0829 e. The predicted molar refractivity (Wildman–Crippen MR) is 110 cm³/mol. The molecule has 2 saturated carbocycles. The van der Waals surface area contributed by atoms with E-state index in [4.69, 9.17) is 0 Å². The zero-order valence-electron chi connectivity index (χ0n) is 16.6. The van der Waals surface area contributed by atoms with Crippen molar-refractivity contribution in [3.8, 4) is 0 Å². The molecule has 1 aromatic carbocycles. The van der Waals surface area contributed by atoms with E-state index in [9.17, 15) is 4.39 Å². The van der Waals surface area contributed by atoms with E-state index in [1.165, 1.54) is 82.6 Å². The Morgan fingerprint density at radius 2 is 1.46 bits per heavy atom. The first-order chi connectivity index (χ1) is 12.8. The summed E-state index contributed by atoms with van der Waals surface area (Å²) < 4.78 is 12.4. The standard InChI is InChI=1S/C25H37F/c1-2-3-4-5-20-6-10-22(11-7-20)24-14-16-25(17-15-24)23-12-8-21(9-13-23)18-19-26/h6-7,10-11,18-19,21,23-25H,2-5,8-9,12-17H2,1H3/b19-18+. The number of allylic oxidation sites excluding steroid dienone is 1. The summed E-state index contributed by atoms with van der Waals surface area (Å²) in [6.45, 7) is 2.27. The molecule has 0 nitrogen and oxygen atoms in total. The van der Waals surface area contributed by atoms with Crippen LogP contribution < -0.4 is 0 Å². The van der Waals surface area contributed by atoms with Crippen LogP contribution in [-0.4, -0.2) is 0 Å². The monoisotopic (exact) mass is 356 g/mol. The first kappa shape index (κ1) is 19.6. The highest BCUT2D eigenvalue weighted by Crippen LogP contribution is 2.44. The summed E-state index contributed by atoms with van der Waals surface area (Å²) in [4.78, 5) is 0. The molecule has 0 heterocycles. The fourth-order valence-electron chi connectivity index (χ4n) is 5.37. The van der Waals surface area contributed by atoms with Crippen LogP contribution in [0.15, 0.2) is 36.7 Å². The van der Waals surface area contributed by atoms with Gasteiger partial charge in [0.25, 0.3) is 0 Å². The van der Waals surface area contributed by atoms with Gasteiger partial charge in [-0.15, -0.1) is 0 Å². The highest BCUT2D eigenvalue weighted by molar-refractivity contribution is 5.26. The Balaban J connectivity index is 1.43. The molecule has 2 aliphatic carbocycles. The third-order valence-corrected chi connectivity index (χ3v) is 7.12. The number of benzene rings is 1. The molecule has 1 heteroatoms. The van der Waals surface area contributed by atoms with Gasteiger partial charge in [0.05, 0.1) is 6.33 Å². The van der Waals surface area contributed by atoms with E-state index < -0.39 is 0 Å². The van der Waals surface area contributed by atoms with Gasteiger partial charge in [0, 0.05) is 0 Å². The number of hydrogen-bond acceptors (Lipinski definition) is 0. The molecule has 0 bridgehead atoms. The molecule has 3 rings (SSSR count). The molecule has 0 N–H and O–H groups in total. The molecule has 2 fully saturated rings. The van der Waals surface area contributed by atoms with Crippen molar-refractivity contribution in [1.29, 1.82) is 0 Å². The van der Waals surface area contributed by atoms with E-state index in [0.717, 1.165) is 24.1 Å². The van der Waals surface area contributed by atoms with E-state index >= 15 is 0 Å². The van der Waals surface area contributed by atoms with Crippen LogP contribution in [-0.2, 0) is 6.42 Å². The average molecular weight is 357 g/mol. The molecule has 144 valence electrons. The molecule has 0 aliphatic heterocycles. The van der Waals surface area contributed by atoms with Gasteiger partial charge in [-0.05, 0) is 99.0 Å². The van der Waals surface area contributed by atoms with Crippen molar-refractivity contribution in [1.82, 2.24) is 0 Å². The summed E-state index contributed by atoms with van der Waals surface area (Å²) in [7, 11) is 0. The fourth-order valence-corrected chi connectivity index (χ4v) is 5.37. The second-order valence-corrected chi connectivity index (χ2v) is 8.80. The van der Waals surface area contributed by atoms with Crippen LogP contribution in [0.25, 0.3) is 0 Å². The molecular formula is C25H37F. The Morgan fingerprint density at radius 1 is 0.846 bits per heavy atom. The largest absolute Gasteiger partial charge is 0.216 e. The number of aryl methyl sites for hydroxylation is 1. The highest BCUT2D eigenvalue weighted by Gasteiger charge is 2.30. The summed E-state index contributed by atoms with van der Waals surface area (Å²) in [6, 6.07) is 9.55. The summed E-state index contributed by atoms with van der Waals surface area (Å²) in [5.74, 6) is 3.11. The Kier molecular flexibility index (Phi) is 7.77. The maximum atomic E-state index is 12.4. The lowest BCUT2D eigenvalue weighted by Crippen LogP contribution is -2.25. The van der Waals surface area contributed by atoms with Crippen LogP contribution in [0.4, 0.5) is 4.39 Å². The number of unbranched alkanes of at least 4 members (excludes halogenated alkanes) is 2. The minimum Gasteiger partial charge on any atom is -0.216 e. The number of halogens is 1. The van der Waals surface area contributed by atoms with E-state index in [1.807, 2.05) is 0 Å². The molecule has 0 aromatic heterocycles. The van der Waals surface area contributed by atoms with Gasteiger partial charge in [0.1, 0.15) is 0 Å². The summed E-state index contributed by atoms with van der Waals surface area (Å²) in [6.07, 6.45) is 18.3. The van der Waals surface area contributed by atoms with Crippen molar-refractivity contribution < 1.29 is 4.39 Å². The molecule has 26 heavy (non-hydrogen) atoms. The lowest BCUT2D eigenvalue weighted by molar-refractivity contribution is 0.171. The topological polar surface area (TPSA) is 0 Å². The lowest BCUT2D eigenvalue weighted by atomic mass is 9.68. The van der Waals surface area contributed by atoms with E-state index in [0.29, 0.717) is 5.92 Å². The molecule has 0 radical (unpaired) electrons. The molecule has 0 spiro atoms. The van der Waals surface area contributed by atoms with Gasteiger partial charge in [-0.25, -0.2) is 4.39 Å². The van der Waals surface area contributed by atoms with Gasteiger partial charge >= 0.3 is 0 Å². The van der Waals surface area contributed by atoms with Crippen molar-refractivity contribution >= 4 is 0 Å². The first-order valence-corrected chi connectivity index (χ1v) is 11.2. The quantitative estimate of drug-likeness (QED) is 0.434. The van der Waals surface area contributed by atoms with E-state index in [1.54, 1.807) is 11.6 Å². The number of hydrogen-bond donors (Lipinski definition) is 0. The summed E-state index contributed by atoms with van der Waals surface area (Å²) in [5.41, 5.74) is 3.08. The van der Waals surface area contributed by atoms with Gasteiger partial charge in [0.2, 0.25) is 0 Å². The maximum Gasteiger partial charge on any atom is 0.0829 e. The number of rotatable bonds is 7. The minimum atomic E-state index is 0.503. The highest BCUT2D eigenvalue weighted by atomic mass is 19.1. The van der Waals surface area contributed by atoms with Crippen LogP contribution in [0.3, 0.4) is 0 Å². The van der Waals surface area contributed by atoms with Gasteiger partial charge in [0.15, 0.2) is 0 Å².